The third kappa shape index (κ3) is 2.45. The number of aldehydes is 1. The van der Waals surface area contributed by atoms with Gasteiger partial charge < -0.3 is 14.1 Å². The molecule has 0 bridgehead atoms. The molecule has 0 fully saturated rings. The van der Waals surface area contributed by atoms with Gasteiger partial charge in [-0.15, -0.1) is 0 Å². The van der Waals surface area contributed by atoms with Gasteiger partial charge in [-0.1, -0.05) is 12.1 Å². The third-order valence-electron chi connectivity index (χ3n) is 3.19. The van der Waals surface area contributed by atoms with Crippen LogP contribution in [0.1, 0.15) is 23.6 Å². The van der Waals surface area contributed by atoms with Crippen molar-refractivity contribution in [1.82, 2.24) is 4.57 Å². The van der Waals surface area contributed by atoms with E-state index in [-0.39, 0.29) is 5.92 Å². The van der Waals surface area contributed by atoms with Gasteiger partial charge >= 0.3 is 0 Å². The van der Waals surface area contributed by atoms with Crippen LogP contribution in [-0.4, -0.2) is 18.0 Å². The average molecular weight is 243 g/mol. The summed E-state index contributed by atoms with van der Waals surface area (Å²) >= 11 is 0. The zero-order valence-electron chi connectivity index (χ0n) is 10.7. The Morgan fingerprint density at radius 2 is 2.00 bits per heavy atom. The van der Waals surface area contributed by atoms with Gasteiger partial charge in [-0.05, 0) is 29.8 Å². The topological polar surface area (TPSA) is 31.2 Å². The zero-order chi connectivity index (χ0) is 13.0. The second-order valence-electron chi connectivity index (χ2n) is 4.27. The molecule has 3 heteroatoms. The number of benzene rings is 1. The molecule has 0 saturated carbocycles. The summed E-state index contributed by atoms with van der Waals surface area (Å²) in [6, 6.07) is 11.9. The number of rotatable bonds is 5. The van der Waals surface area contributed by atoms with Gasteiger partial charge in [0.25, 0.3) is 0 Å². The van der Waals surface area contributed by atoms with Crippen LogP contribution < -0.4 is 4.74 Å². The van der Waals surface area contributed by atoms with Gasteiger partial charge in [0.05, 0.1) is 7.11 Å². The van der Waals surface area contributed by atoms with E-state index in [9.17, 15) is 4.79 Å². The Bertz CT molecular complexity index is 514. The quantitative estimate of drug-likeness (QED) is 0.756. The molecule has 0 aliphatic rings. The van der Waals surface area contributed by atoms with E-state index in [0.717, 1.165) is 23.3 Å². The summed E-state index contributed by atoms with van der Waals surface area (Å²) in [5.74, 6) is 0.934. The number of nitrogens with zero attached hydrogens (tertiary/aromatic N) is 1. The Balaban J connectivity index is 2.35. The Morgan fingerprint density at radius 1 is 1.28 bits per heavy atom. The summed E-state index contributed by atoms with van der Waals surface area (Å²) in [6.45, 7) is 0. The smallest absolute Gasteiger partial charge is 0.120 e. The van der Waals surface area contributed by atoms with E-state index in [1.165, 1.54) is 0 Å². The summed E-state index contributed by atoms with van der Waals surface area (Å²) in [7, 11) is 3.64. The van der Waals surface area contributed by atoms with E-state index in [1.54, 1.807) is 7.11 Å². The molecule has 1 heterocycles. The van der Waals surface area contributed by atoms with Gasteiger partial charge in [-0.25, -0.2) is 0 Å². The van der Waals surface area contributed by atoms with E-state index >= 15 is 0 Å². The van der Waals surface area contributed by atoms with Gasteiger partial charge in [0.15, 0.2) is 0 Å². The normalized spacial score (nSPS) is 12.1. The fraction of sp³-hybridized carbons (Fsp3) is 0.267. The molecule has 0 spiro atoms. The molecule has 0 N–H and O–H groups in total. The minimum atomic E-state index is 0.105. The van der Waals surface area contributed by atoms with Crippen LogP contribution in [0.4, 0.5) is 0 Å². The van der Waals surface area contributed by atoms with Crippen LogP contribution in [0.3, 0.4) is 0 Å². The molecule has 0 aliphatic carbocycles. The summed E-state index contributed by atoms with van der Waals surface area (Å²) in [4.78, 5) is 10.9. The lowest BCUT2D eigenvalue weighted by atomic mass is 9.93. The molecule has 3 nitrogen and oxygen atoms in total. The number of methoxy groups -OCH3 is 1. The standard InChI is InChI=1S/C15H17NO2/c1-16-10-3-4-15(16)14(9-11-17)12-5-7-13(18-2)8-6-12/h3-8,10-11,14H,9H2,1-2H3/t14-/m0/s1. The van der Waals surface area contributed by atoms with Gasteiger partial charge in [-0.2, -0.15) is 0 Å². The summed E-state index contributed by atoms with van der Waals surface area (Å²) in [5, 5.41) is 0. The predicted molar refractivity (Wildman–Crippen MR) is 70.9 cm³/mol. The van der Waals surface area contributed by atoms with E-state index in [1.807, 2.05) is 43.6 Å². The largest absolute Gasteiger partial charge is 0.497 e. The maximum atomic E-state index is 10.9. The number of carbonyl (C=O) groups is 1. The van der Waals surface area contributed by atoms with Crippen molar-refractivity contribution in [2.24, 2.45) is 7.05 Å². The first-order chi connectivity index (χ1) is 8.76. The van der Waals surface area contributed by atoms with Crippen molar-refractivity contribution >= 4 is 6.29 Å². The first kappa shape index (κ1) is 12.4. The highest BCUT2D eigenvalue weighted by atomic mass is 16.5. The monoisotopic (exact) mass is 243 g/mol. The summed E-state index contributed by atoms with van der Waals surface area (Å²) in [5.41, 5.74) is 2.27. The maximum Gasteiger partial charge on any atom is 0.120 e. The highest BCUT2D eigenvalue weighted by Gasteiger charge is 2.16. The van der Waals surface area contributed by atoms with Crippen molar-refractivity contribution < 1.29 is 9.53 Å². The van der Waals surface area contributed by atoms with E-state index in [2.05, 4.69) is 10.6 Å². The molecule has 94 valence electrons. The van der Waals surface area contributed by atoms with Crippen LogP contribution in [0, 0.1) is 0 Å². The van der Waals surface area contributed by atoms with E-state index < -0.39 is 0 Å². The molecule has 0 amide bonds. The second-order valence-corrected chi connectivity index (χ2v) is 4.27. The van der Waals surface area contributed by atoms with Crippen molar-refractivity contribution in [2.45, 2.75) is 12.3 Å². The first-order valence-electron chi connectivity index (χ1n) is 5.95. The van der Waals surface area contributed by atoms with E-state index in [0.29, 0.717) is 6.42 Å². The Hall–Kier alpha value is -2.03. The maximum absolute atomic E-state index is 10.9. The Kier molecular flexibility index (Phi) is 3.82. The summed E-state index contributed by atoms with van der Waals surface area (Å²) < 4.78 is 7.20. The fourth-order valence-corrected chi connectivity index (χ4v) is 2.20. The molecule has 2 rings (SSSR count). The van der Waals surface area contributed by atoms with Crippen LogP contribution in [0.5, 0.6) is 5.75 Å². The summed E-state index contributed by atoms with van der Waals surface area (Å²) in [6.07, 6.45) is 3.46. The molecule has 1 aromatic carbocycles. The van der Waals surface area contributed by atoms with Crippen molar-refractivity contribution in [2.75, 3.05) is 7.11 Å². The van der Waals surface area contributed by atoms with Crippen LogP contribution in [0.25, 0.3) is 0 Å². The highest BCUT2D eigenvalue weighted by Crippen LogP contribution is 2.28. The molecule has 0 radical (unpaired) electrons. The molecule has 2 aromatic rings. The lowest BCUT2D eigenvalue weighted by Crippen LogP contribution is -2.06. The van der Waals surface area contributed by atoms with Crippen LogP contribution in [0.2, 0.25) is 0 Å². The number of hydrogen-bond donors (Lipinski definition) is 0. The Labute approximate surface area is 107 Å². The second kappa shape index (κ2) is 5.54. The molecule has 1 atom stereocenters. The molecule has 0 unspecified atom stereocenters. The first-order valence-corrected chi connectivity index (χ1v) is 5.95. The van der Waals surface area contributed by atoms with Gasteiger partial charge in [-0.3, -0.25) is 0 Å². The van der Waals surface area contributed by atoms with Crippen molar-refractivity contribution in [3.8, 4) is 5.75 Å². The lowest BCUT2D eigenvalue weighted by Gasteiger charge is -2.16. The minimum Gasteiger partial charge on any atom is -0.497 e. The van der Waals surface area contributed by atoms with Crippen LogP contribution in [0.15, 0.2) is 42.6 Å². The van der Waals surface area contributed by atoms with Gasteiger partial charge in [0, 0.05) is 31.3 Å². The SMILES string of the molecule is COc1ccc([C@H](CC=O)c2cccn2C)cc1. The van der Waals surface area contributed by atoms with Crippen molar-refractivity contribution in [1.29, 1.82) is 0 Å². The van der Waals surface area contributed by atoms with E-state index in [4.69, 9.17) is 4.74 Å². The predicted octanol–water partition coefficient (Wildman–Crippen LogP) is 2.75. The average Bonchev–Trinajstić information content (AvgIpc) is 2.82. The molecule has 1 aromatic heterocycles. The number of hydrogen-bond acceptors (Lipinski definition) is 2. The van der Waals surface area contributed by atoms with Crippen molar-refractivity contribution in [3.05, 3.63) is 53.9 Å². The molecular formula is C15H17NO2. The Morgan fingerprint density at radius 3 is 2.50 bits per heavy atom. The highest BCUT2D eigenvalue weighted by molar-refractivity contribution is 5.54. The number of carbonyl (C=O) groups excluding carboxylic acids is 1. The van der Waals surface area contributed by atoms with Gasteiger partial charge in [0.1, 0.15) is 12.0 Å². The number of ether oxygens (including phenoxy) is 1. The number of aryl methyl sites for hydroxylation is 1. The van der Waals surface area contributed by atoms with Gasteiger partial charge in [0.2, 0.25) is 0 Å². The van der Waals surface area contributed by atoms with Crippen molar-refractivity contribution in [3.63, 3.8) is 0 Å². The number of aromatic nitrogens is 1. The fourth-order valence-electron chi connectivity index (χ4n) is 2.20. The molecule has 18 heavy (non-hydrogen) atoms. The zero-order valence-corrected chi connectivity index (χ0v) is 10.7. The lowest BCUT2D eigenvalue weighted by molar-refractivity contribution is -0.108. The van der Waals surface area contributed by atoms with Crippen LogP contribution >= 0.6 is 0 Å². The molecular weight excluding hydrogens is 226 g/mol. The minimum absolute atomic E-state index is 0.105. The molecule has 0 saturated heterocycles. The van der Waals surface area contributed by atoms with Crippen LogP contribution in [-0.2, 0) is 11.8 Å². The molecule has 0 aliphatic heterocycles. The third-order valence-corrected chi connectivity index (χ3v) is 3.19.